The Morgan fingerprint density at radius 2 is 1.91 bits per heavy atom. The predicted octanol–water partition coefficient (Wildman–Crippen LogP) is 3.73. The first-order valence-corrected chi connectivity index (χ1v) is 6.47. The van der Waals surface area contributed by atoms with Crippen LogP contribution in [0.2, 0.25) is 0 Å². The average Bonchev–Trinajstić information content (AvgIpc) is 2.90. The molecule has 0 radical (unpaired) electrons. The molecule has 2 aromatic heterocycles. The Bertz CT molecular complexity index is 840. The molecule has 1 aromatic carbocycles. The first kappa shape index (κ1) is 14.4. The lowest BCUT2D eigenvalue weighted by Gasteiger charge is -2.09. The SMILES string of the molecule is COc1ccc(-c2ccc3cnc(C(F)(F)F)n3n2)c(C)c1. The number of ether oxygens (including phenoxy) is 1. The van der Waals surface area contributed by atoms with E-state index >= 15 is 0 Å². The van der Waals surface area contributed by atoms with Crippen molar-refractivity contribution in [2.24, 2.45) is 0 Å². The highest BCUT2D eigenvalue weighted by atomic mass is 19.4. The highest BCUT2D eigenvalue weighted by molar-refractivity contribution is 5.66. The number of aromatic nitrogens is 3. The maximum Gasteiger partial charge on any atom is 0.451 e. The Morgan fingerprint density at radius 1 is 1.14 bits per heavy atom. The molecule has 0 spiro atoms. The maximum atomic E-state index is 12.9. The molecule has 114 valence electrons. The standard InChI is InChI=1S/C15H12F3N3O/c1-9-7-11(22-2)4-5-12(9)13-6-3-10-8-19-14(15(16,17)18)21(10)20-13/h3-8H,1-2H3. The Hall–Kier alpha value is -2.57. The number of hydrogen-bond donors (Lipinski definition) is 0. The molecule has 0 bridgehead atoms. The number of nitrogens with zero attached hydrogens (tertiary/aromatic N) is 3. The summed E-state index contributed by atoms with van der Waals surface area (Å²) in [5.74, 6) is -0.351. The third kappa shape index (κ3) is 2.38. The van der Waals surface area contributed by atoms with E-state index in [9.17, 15) is 13.2 Å². The number of alkyl halides is 3. The van der Waals surface area contributed by atoms with Gasteiger partial charge >= 0.3 is 6.18 Å². The number of aryl methyl sites for hydroxylation is 1. The molecular weight excluding hydrogens is 295 g/mol. The molecule has 4 nitrogen and oxygen atoms in total. The predicted molar refractivity (Wildman–Crippen MR) is 74.7 cm³/mol. The number of benzene rings is 1. The van der Waals surface area contributed by atoms with Crippen molar-refractivity contribution in [2.45, 2.75) is 13.1 Å². The van der Waals surface area contributed by atoms with Crippen LogP contribution in [0.25, 0.3) is 16.8 Å². The van der Waals surface area contributed by atoms with Crippen LogP contribution in [0.4, 0.5) is 13.2 Å². The zero-order valence-electron chi connectivity index (χ0n) is 11.8. The molecule has 0 saturated carbocycles. The fraction of sp³-hybridized carbons (Fsp3) is 0.200. The molecule has 0 aliphatic carbocycles. The second-order valence-corrected chi connectivity index (χ2v) is 4.82. The van der Waals surface area contributed by atoms with Crippen LogP contribution < -0.4 is 4.74 Å². The minimum atomic E-state index is -4.55. The molecule has 0 saturated heterocycles. The quantitative estimate of drug-likeness (QED) is 0.724. The first-order chi connectivity index (χ1) is 10.4. The van der Waals surface area contributed by atoms with Gasteiger partial charge in [0.25, 0.3) is 0 Å². The van der Waals surface area contributed by atoms with E-state index in [0.29, 0.717) is 17.0 Å². The molecule has 0 aliphatic rings. The largest absolute Gasteiger partial charge is 0.497 e. The van der Waals surface area contributed by atoms with Gasteiger partial charge in [0, 0.05) is 5.56 Å². The summed E-state index contributed by atoms with van der Waals surface area (Å²) in [5.41, 5.74) is 2.34. The molecule has 22 heavy (non-hydrogen) atoms. The van der Waals surface area contributed by atoms with Gasteiger partial charge in [-0.15, -0.1) is 0 Å². The molecule has 2 heterocycles. The summed E-state index contributed by atoms with van der Waals surface area (Å²) in [6, 6.07) is 8.55. The zero-order valence-corrected chi connectivity index (χ0v) is 11.8. The monoisotopic (exact) mass is 307 g/mol. The Balaban J connectivity index is 2.16. The number of imidazole rings is 1. The minimum absolute atomic E-state index is 0.294. The van der Waals surface area contributed by atoms with E-state index in [0.717, 1.165) is 21.8 Å². The fourth-order valence-corrected chi connectivity index (χ4v) is 2.27. The van der Waals surface area contributed by atoms with Crippen LogP contribution in [-0.2, 0) is 6.18 Å². The average molecular weight is 307 g/mol. The van der Waals surface area contributed by atoms with Gasteiger partial charge in [0.1, 0.15) is 5.75 Å². The molecule has 0 unspecified atom stereocenters. The molecule has 0 atom stereocenters. The lowest BCUT2D eigenvalue weighted by Crippen LogP contribution is -2.12. The van der Waals surface area contributed by atoms with E-state index in [1.54, 1.807) is 37.4 Å². The second kappa shape index (κ2) is 5.01. The van der Waals surface area contributed by atoms with E-state index in [2.05, 4.69) is 10.1 Å². The van der Waals surface area contributed by atoms with Crippen LogP contribution in [0, 0.1) is 6.92 Å². The van der Waals surface area contributed by atoms with E-state index in [4.69, 9.17) is 4.74 Å². The summed E-state index contributed by atoms with van der Waals surface area (Å²) in [7, 11) is 1.56. The molecular formula is C15H12F3N3O. The van der Waals surface area contributed by atoms with Crippen molar-refractivity contribution in [2.75, 3.05) is 7.11 Å². The van der Waals surface area contributed by atoms with Gasteiger partial charge in [-0.2, -0.15) is 18.3 Å². The number of fused-ring (bicyclic) bond motifs is 1. The van der Waals surface area contributed by atoms with Crippen molar-refractivity contribution in [1.82, 2.24) is 14.6 Å². The van der Waals surface area contributed by atoms with Gasteiger partial charge in [-0.3, -0.25) is 0 Å². The molecule has 3 aromatic rings. The van der Waals surface area contributed by atoms with Gasteiger partial charge in [-0.1, -0.05) is 0 Å². The summed E-state index contributed by atoms with van der Waals surface area (Å²) < 4.78 is 44.7. The van der Waals surface area contributed by atoms with Crippen molar-refractivity contribution >= 4 is 5.52 Å². The number of hydrogen-bond acceptors (Lipinski definition) is 3. The third-order valence-corrected chi connectivity index (χ3v) is 3.35. The normalized spacial score (nSPS) is 11.9. The van der Waals surface area contributed by atoms with Crippen molar-refractivity contribution in [3.05, 3.63) is 47.9 Å². The Morgan fingerprint density at radius 3 is 2.55 bits per heavy atom. The maximum absolute atomic E-state index is 12.9. The lowest BCUT2D eigenvalue weighted by molar-refractivity contribution is -0.146. The number of methoxy groups -OCH3 is 1. The molecule has 0 fully saturated rings. The minimum Gasteiger partial charge on any atom is -0.497 e. The summed E-state index contributed by atoms with van der Waals surface area (Å²) in [6.07, 6.45) is -3.40. The first-order valence-electron chi connectivity index (χ1n) is 6.47. The third-order valence-electron chi connectivity index (χ3n) is 3.35. The summed E-state index contributed by atoms with van der Waals surface area (Å²) >= 11 is 0. The lowest BCUT2D eigenvalue weighted by atomic mass is 10.1. The van der Waals surface area contributed by atoms with Gasteiger partial charge in [-0.25, -0.2) is 9.50 Å². The van der Waals surface area contributed by atoms with Crippen LogP contribution in [-0.4, -0.2) is 21.7 Å². The topological polar surface area (TPSA) is 39.4 Å². The molecule has 0 aliphatic heterocycles. The van der Waals surface area contributed by atoms with E-state index in [1.165, 1.54) is 0 Å². The number of rotatable bonds is 2. The van der Waals surface area contributed by atoms with E-state index in [1.807, 2.05) is 6.92 Å². The van der Waals surface area contributed by atoms with Crippen LogP contribution in [0.1, 0.15) is 11.4 Å². The van der Waals surface area contributed by atoms with Gasteiger partial charge in [0.2, 0.25) is 5.82 Å². The van der Waals surface area contributed by atoms with Crippen LogP contribution >= 0.6 is 0 Å². The van der Waals surface area contributed by atoms with Gasteiger partial charge in [-0.05, 0) is 42.8 Å². The molecule has 3 rings (SSSR count). The van der Waals surface area contributed by atoms with Crippen molar-refractivity contribution in [3.63, 3.8) is 0 Å². The summed E-state index contributed by atoms with van der Waals surface area (Å²) in [6.45, 7) is 1.85. The Labute approximate surface area is 124 Å². The molecule has 0 N–H and O–H groups in total. The summed E-state index contributed by atoms with van der Waals surface area (Å²) in [5, 5.41) is 4.08. The van der Waals surface area contributed by atoms with Crippen molar-refractivity contribution < 1.29 is 17.9 Å². The smallest absolute Gasteiger partial charge is 0.451 e. The van der Waals surface area contributed by atoms with Crippen LogP contribution in [0.3, 0.4) is 0 Å². The van der Waals surface area contributed by atoms with Crippen molar-refractivity contribution in [3.8, 4) is 17.0 Å². The molecule has 7 heteroatoms. The Kier molecular flexibility index (Phi) is 3.27. The van der Waals surface area contributed by atoms with Crippen LogP contribution in [0.15, 0.2) is 36.5 Å². The zero-order chi connectivity index (χ0) is 15.9. The highest BCUT2D eigenvalue weighted by Gasteiger charge is 2.36. The van der Waals surface area contributed by atoms with Crippen molar-refractivity contribution in [1.29, 1.82) is 0 Å². The fourth-order valence-electron chi connectivity index (χ4n) is 2.27. The molecule has 0 amide bonds. The number of halogens is 3. The van der Waals surface area contributed by atoms with Gasteiger partial charge < -0.3 is 4.74 Å². The van der Waals surface area contributed by atoms with E-state index in [-0.39, 0.29) is 0 Å². The summed E-state index contributed by atoms with van der Waals surface area (Å²) in [4.78, 5) is 3.41. The second-order valence-electron chi connectivity index (χ2n) is 4.82. The van der Waals surface area contributed by atoms with Gasteiger partial charge in [0.15, 0.2) is 0 Å². The van der Waals surface area contributed by atoms with Crippen LogP contribution in [0.5, 0.6) is 5.75 Å². The van der Waals surface area contributed by atoms with E-state index < -0.39 is 12.0 Å². The highest BCUT2D eigenvalue weighted by Crippen LogP contribution is 2.30. The van der Waals surface area contributed by atoms with Gasteiger partial charge in [0.05, 0.1) is 24.5 Å².